The third-order valence-electron chi connectivity index (χ3n) is 3.76. The van der Waals surface area contributed by atoms with Crippen molar-refractivity contribution in [3.8, 4) is 0 Å². The molecule has 0 aromatic carbocycles. The van der Waals surface area contributed by atoms with Crippen molar-refractivity contribution in [3.05, 3.63) is 16.1 Å². The molecule has 1 aromatic rings. The molecule has 1 fully saturated rings. The Morgan fingerprint density at radius 2 is 2.21 bits per heavy atom. The molecule has 1 aromatic heterocycles. The monoisotopic (exact) mass is 282 g/mol. The fourth-order valence-electron chi connectivity index (χ4n) is 2.50. The van der Waals surface area contributed by atoms with Gasteiger partial charge in [0.2, 0.25) is 5.91 Å². The number of aliphatic hydroxyl groups is 1. The highest BCUT2D eigenvalue weighted by Crippen LogP contribution is 2.32. The number of rotatable bonds is 5. The zero-order valence-electron chi connectivity index (χ0n) is 11.7. The van der Waals surface area contributed by atoms with Crippen LogP contribution in [0.15, 0.2) is 6.20 Å². The molecule has 0 aliphatic heterocycles. The molecule has 0 unspecified atom stereocenters. The van der Waals surface area contributed by atoms with Gasteiger partial charge in [-0.25, -0.2) is 4.98 Å². The molecule has 0 saturated heterocycles. The predicted molar refractivity (Wildman–Crippen MR) is 76.0 cm³/mol. The average Bonchev–Trinajstić information content (AvgIpc) is 2.98. The fraction of sp³-hybridized carbons (Fsp3) is 0.714. The maximum atomic E-state index is 12.1. The lowest BCUT2D eigenvalue weighted by Crippen LogP contribution is -2.35. The summed E-state index contributed by atoms with van der Waals surface area (Å²) in [7, 11) is 1.79. The van der Waals surface area contributed by atoms with Crippen LogP contribution in [0.2, 0.25) is 0 Å². The Hall–Kier alpha value is -0.940. The Labute approximate surface area is 118 Å². The molecule has 19 heavy (non-hydrogen) atoms. The van der Waals surface area contributed by atoms with Gasteiger partial charge in [0, 0.05) is 18.1 Å². The summed E-state index contributed by atoms with van der Waals surface area (Å²) in [6, 6.07) is 0. The molecule has 5 heteroatoms. The van der Waals surface area contributed by atoms with Gasteiger partial charge in [0.1, 0.15) is 5.01 Å². The topological polar surface area (TPSA) is 53.4 Å². The van der Waals surface area contributed by atoms with Gasteiger partial charge in [0.15, 0.2) is 0 Å². The van der Waals surface area contributed by atoms with Gasteiger partial charge < -0.3 is 10.0 Å². The Balaban J connectivity index is 1.88. The van der Waals surface area contributed by atoms with Crippen LogP contribution in [0.3, 0.4) is 0 Å². The second-order valence-corrected chi connectivity index (χ2v) is 6.63. The molecule has 1 saturated carbocycles. The van der Waals surface area contributed by atoms with Crippen molar-refractivity contribution in [2.24, 2.45) is 0 Å². The fourth-order valence-corrected chi connectivity index (χ4v) is 3.42. The lowest BCUT2D eigenvalue weighted by molar-refractivity contribution is -0.135. The number of aryl methyl sites for hydroxylation is 1. The minimum absolute atomic E-state index is 0.0117. The van der Waals surface area contributed by atoms with E-state index in [1.165, 1.54) is 4.88 Å². The van der Waals surface area contributed by atoms with Crippen molar-refractivity contribution in [1.82, 2.24) is 9.88 Å². The number of nitrogens with zero attached hydrogens (tertiary/aromatic N) is 2. The summed E-state index contributed by atoms with van der Waals surface area (Å²) in [5.41, 5.74) is -0.761. The van der Waals surface area contributed by atoms with Crippen LogP contribution in [0, 0.1) is 0 Å². The summed E-state index contributed by atoms with van der Waals surface area (Å²) in [4.78, 5) is 19.4. The Bertz CT molecular complexity index is 438. The van der Waals surface area contributed by atoms with E-state index >= 15 is 0 Å². The van der Waals surface area contributed by atoms with E-state index in [-0.39, 0.29) is 12.3 Å². The Morgan fingerprint density at radius 3 is 2.79 bits per heavy atom. The molecular weight excluding hydrogens is 260 g/mol. The standard InChI is InChI=1S/C14H22N2O2S/c1-3-11-9-15-12(19-11)10-16(2)13(17)8-14(18)6-4-5-7-14/h9,18H,3-8,10H2,1-2H3. The van der Waals surface area contributed by atoms with Gasteiger partial charge >= 0.3 is 0 Å². The highest BCUT2D eigenvalue weighted by atomic mass is 32.1. The summed E-state index contributed by atoms with van der Waals surface area (Å²) in [5, 5.41) is 11.2. The number of hydrogen-bond donors (Lipinski definition) is 1. The number of aromatic nitrogens is 1. The second-order valence-electron chi connectivity index (χ2n) is 5.43. The first-order valence-corrected chi connectivity index (χ1v) is 7.74. The quantitative estimate of drug-likeness (QED) is 0.902. The Kier molecular flexibility index (Phi) is 4.58. The predicted octanol–water partition coefficient (Wildman–Crippen LogP) is 2.36. The lowest BCUT2D eigenvalue weighted by atomic mass is 9.97. The molecule has 0 spiro atoms. The zero-order chi connectivity index (χ0) is 13.9. The second kappa shape index (κ2) is 6.01. The zero-order valence-corrected chi connectivity index (χ0v) is 12.5. The van der Waals surface area contributed by atoms with Crippen molar-refractivity contribution >= 4 is 17.2 Å². The van der Waals surface area contributed by atoms with Crippen LogP contribution in [0.25, 0.3) is 0 Å². The van der Waals surface area contributed by atoms with Gasteiger partial charge in [-0.1, -0.05) is 19.8 Å². The number of thiazole rings is 1. The van der Waals surface area contributed by atoms with Crippen LogP contribution in [-0.2, 0) is 17.8 Å². The molecule has 1 heterocycles. The summed E-state index contributed by atoms with van der Waals surface area (Å²) in [6.45, 7) is 2.64. The van der Waals surface area contributed by atoms with Crippen molar-refractivity contribution in [3.63, 3.8) is 0 Å². The highest BCUT2D eigenvalue weighted by molar-refractivity contribution is 7.11. The number of amides is 1. The molecule has 1 amide bonds. The number of carbonyl (C=O) groups excluding carboxylic acids is 1. The number of hydrogen-bond acceptors (Lipinski definition) is 4. The van der Waals surface area contributed by atoms with Crippen LogP contribution in [0.5, 0.6) is 0 Å². The van der Waals surface area contributed by atoms with E-state index in [1.807, 2.05) is 6.20 Å². The van der Waals surface area contributed by atoms with Crippen LogP contribution in [-0.4, -0.2) is 33.5 Å². The van der Waals surface area contributed by atoms with Crippen molar-refractivity contribution < 1.29 is 9.90 Å². The summed E-state index contributed by atoms with van der Waals surface area (Å²) < 4.78 is 0. The minimum Gasteiger partial charge on any atom is -0.389 e. The number of carbonyl (C=O) groups is 1. The first kappa shape index (κ1) is 14.5. The molecule has 106 valence electrons. The van der Waals surface area contributed by atoms with E-state index in [0.717, 1.165) is 37.1 Å². The maximum Gasteiger partial charge on any atom is 0.225 e. The van der Waals surface area contributed by atoms with Crippen LogP contribution in [0.1, 0.15) is 48.9 Å². The third kappa shape index (κ3) is 3.76. The summed E-state index contributed by atoms with van der Waals surface area (Å²) >= 11 is 1.65. The van der Waals surface area contributed by atoms with Gasteiger partial charge in [0.25, 0.3) is 0 Å². The van der Waals surface area contributed by atoms with Gasteiger partial charge in [-0.05, 0) is 19.3 Å². The Morgan fingerprint density at radius 1 is 1.53 bits per heavy atom. The van der Waals surface area contributed by atoms with E-state index in [0.29, 0.717) is 6.54 Å². The van der Waals surface area contributed by atoms with E-state index in [4.69, 9.17) is 0 Å². The molecule has 1 aliphatic carbocycles. The first-order chi connectivity index (χ1) is 9.02. The summed E-state index contributed by atoms with van der Waals surface area (Å²) in [6.07, 6.45) is 6.67. The minimum atomic E-state index is -0.761. The SMILES string of the molecule is CCc1cnc(CN(C)C(=O)CC2(O)CCCC2)s1. The van der Waals surface area contributed by atoms with E-state index in [1.54, 1.807) is 23.3 Å². The van der Waals surface area contributed by atoms with Crippen LogP contribution in [0.4, 0.5) is 0 Å². The van der Waals surface area contributed by atoms with Gasteiger partial charge in [-0.2, -0.15) is 0 Å². The summed E-state index contributed by atoms with van der Waals surface area (Å²) in [5.74, 6) is 0.0117. The molecule has 0 atom stereocenters. The molecular formula is C14H22N2O2S. The molecule has 1 aliphatic rings. The molecule has 0 bridgehead atoms. The molecule has 2 rings (SSSR count). The normalized spacial score (nSPS) is 17.6. The van der Waals surface area contributed by atoms with Crippen LogP contribution >= 0.6 is 11.3 Å². The molecule has 4 nitrogen and oxygen atoms in total. The first-order valence-electron chi connectivity index (χ1n) is 6.92. The van der Waals surface area contributed by atoms with E-state index < -0.39 is 5.60 Å². The molecule has 1 N–H and O–H groups in total. The van der Waals surface area contributed by atoms with Gasteiger partial charge in [0.05, 0.1) is 18.6 Å². The maximum absolute atomic E-state index is 12.1. The van der Waals surface area contributed by atoms with Crippen molar-refractivity contribution in [2.45, 2.75) is 57.6 Å². The van der Waals surface area contributed by atoms with Gasteiger partial charge in [-0.15, -0.1) is 11.3 Å². The van der Waals surface area contributed by atoms with Crippen molar-refractivity contribution in [2.75, 3.05) is 7.05 Å². The largest absolute Gasteiger partial charge is 0.389 e. The molecule has 0 radical (unpaired) electrons. The lowest BCUT2D eigenvalue weighted by Gasteiger charge is -2.24. The smallest absolute Gasteiger partial charge is 0.225 e. The third-order valence-corrected chi connectivity index (χ3v) is 4.89. The van der Waals surface area contributed by atoms with Crippen molar-refractivity contribution in [1.29, 1.82) is 0 Å². The van der Waals surface area contributed by atoms with E-state index in [9.17, 15) is 9.90 Å². The van der Waals surface area contributed by atoms with Crippen LogP contribution < -0.4 is 0 Å². The highest BCUT2D eigenvalue weighted by Gasteiger charge is 2.34. The average molecular weight is 282 g/mol. The van der Waals surface area contributed by atoms with Gasteiger partial charge in [-0.3, -0.25) is 4.79 Å². The van der Waals surface area contributed by atoms with E-state index in [2.05, 4.69) is 11.9 Å².